The van der Waals surface area contributed by atoms with E-state index >= 15 is 0 Å². The third-order valence-electron chi connectivity index (χ3n) is 4.82. The van der Waals surface area contributed by atoms with E-state index in [2.05, 4.69) is 15.9 Å². The summed E-state index contributed by atoms with van der Waals surface area (Å²) in [5.74, 6) is -3.66. The molecule has 0 N–H and O–H groups in total. The molecule has 1 heterocycles. The maximum atomic E-state index is 14.5. The van der Waals surface area contributed by atoms with Gasteiger partial charge in [0.15, 0.2) is 11.5 Å². The van der Waals surface area contributed by atoms with E-state index in [9.17, 15) is 24.5 Å². The molecule has 146 valence electrons. The topological polar surface area (TPSA) is 94.2 Å². The van der Waals surface area contributed by atoms with Crippen molar-refractivity contribution < 1.29 is 18.7 Å². The van der Waals surface area contributed by atoms with Crippen molar-refractivity contribution in [2.75, 3.05) is 6.61 Å². The Balaban J connectivity index is 2.20. The highest BCUT2D eigenvalue weighted by molar-refractivity contribution is 9.10. The Bertz CT molecular complexity index is 1080. The van der Waals surface area contributed by atoms with Gasteiger partial charge < -0.3 is 9.64 Å². The van der Waals surface area contributed by atoms with Crippen LogP contribution >= 0.6 is 15.9 Å². The van der Waals surface area contributed by atoms with E-state index in [0.717, 1.165) is 4.90 Å². The number of ether oxygens (including phenoxy) is 1. The molecule has 1 amide bonds. The number of halogens is 2. The second kappa shape index (κ2) is 8.02. The molecule has 2 unspecified atom stereocenters. The number of carbonyl (C=O) groups excluding carboxylic acids is 2. The van der Waals surface area contributed by atoms with Gasteiger partial charge in [-0.05, 0) is 25.1 Å². The lowest BCUT2D eigenvalue weighted by atomic mass is 9.79. The van der Waals surface area contributed by atoms with Gasteiger partial charge in [0.25, 0.3) is 5.91 Å². The molecule has 0 saturated heterocycles. The second-order valence-corrected chi connectivity index (χ2v) is 7.28. The highest BCUT2D eigenvalue weighted by Gasteiger charge is 2.58. The highest BCUT2D eigenvalue weighted by Crippen LogP contribution is 2.45. The van der Waals surface area contributed by atoms with E-state index in [1.807, 2.05) is 12.1 Å². The van der Waals surface area contributed by atoms with E-state index < -0.39 is 29.2 Å². The standard InChI is InChI=1S/C21H15BrFN3O3/c1-2-29-20(28)17(10-24)21(12-25)16-6-4-3-5-15(16)19(27)26(21)11-13-7-8-14(22)9-18(13)23/h3-9,17H,2,11H2,1H3. The van der Waals surface area contributed by atoms with E-state index in [0.29, 0.717) is 4.47 Å². The fourth-order valence-electron chi connectivity index (χ4n) is 3.51. The third kappa shape index (κ3) is 3.26. The van der Waals surface area contributed by atoms with Crippen molar-refractivity contribution >= 4 is 27.8 Å². The van der Waals surface area contributed by atoms with Gasteiger partial charge in [-0.25, -0.2) is 4.39 Å². The van der Waals surface area contributed by atoms with Crippen LogP contribution in [-0.4, -0.2) is 23.4 Å². The van der Waals surface area contributed by atoms with Crippen LogP contribution in [0.15, 0.2) is 46.9 Å². The van der Waals surface area contributed by atoms with E-state index in [1.54, 1.807) is 25.1 Å². The number of hydrogen-bond acceptors (Lipinski definition) is 5. The number of amides is 1. The van der Waals surface area contributed by atoms with Gasteiger partial charge in [0.05, 0.1) is 25.3 Å². The van der Waals surface area contributed by atoms with Crippen LogP contribution < -0.4 is 0 Å². The average Bonchev–Trinajstić information content (AvgIpc) is 2.94. The van der Waals surface area contributed by atoms with Crippen LogP contribution in [0.5, 0.6) is 0 Å². The summed E-state index contributed by atoms with van der Waals surface area (Å²) in [7, 11) is 0. The summed E-state index contributed by atoms with van der Waals surface area (Å²) in [6, 6.07) is 14.4. The van der Waals surface area contributed by atoms with Gasteiger partial charge in [0.1, 0.15) is 5.82 Å². The Labute approximate surface area is 175 Å². The molecule has 29 heavy (non-hydrogen) atoms. The molecule has 1 aliphatic rings. The number of carbonyl (C=O) groups is 2. The highest BCUT2D eigenvalue weighted by atomic mass is 79.9. The van der Waals surface area contributed by atoms with Gasteiger partial charge in [-0.1, -0.05) is 40.2 Å². The lowest BCUT2D eigenvalue weighted by Gasteiger charge is -2.35. The zero-order valence-electron chi connectivity index (χ0n) is 15.4. The monoisotopic (exact) mass is 455 g/mol. The molecule has 0 saturated carbocycles. The van der Waals surface area contributed by atoms with Crippen LogP contribution in [0.25, 0.3) is 0 Å². The summed E-state index contributed by atoms with van der Waals surface area (Å²) < 4.78 is 20.0. The third-order valence-corrected chi connectivity index (χ3v) is 5.32. The molecule has 2 aromatic carbocycles. The normalized spacial score (nSPS) is 18.5. The van der Waals surface area contributed by atoms with Gasteiger partial charge in [-0.2, -0.15) is 10.5 Å². The van der Waals surface area contributed by atoms with E-state index in [1.165, 1.54) is 24.3 Å². The molecule has 8 heteroatoms. The average molecular weight is 456 g/mol. The Hall–Kier alpha value is -3.23. The molecule has 0 bridgehead atoms. The second-order valence-electron chi connectivity index (χ2n) is 6.36. The van der Waals surface area contributed by atoms with Crippen molar-refractivity contribution in [3.8, 4) is 12.1 Å². The van der Waals surface area contributed by atoms with Crippen molar-refractivity contribution in [2.24, 2.45) is 5.92 Å². The molecule has 0 aliphatic carbocycles. The Kier molecular flexibility index (Phi) is 5.67. The van der Waals surface area contributed by atoms with Crippen LogP contribution in [-0.2, 0) is 21.6 Å². The molecule has 6 nitrogen and oxygen atoms in total. The number of nitriles is 2. The summed E-state index contributed by atoms with van der Waals surface area (Å²) >= 11 is 3.17. The van der Waals surface area contributed by atoms with Gasteiger partial charge >= 0.3 is 5.97 Å². The van der Waals surface area contributed by atoms with Crippen molar-refractivity contribution in [3.63, 3.8) is 0 Å². The first-order chi connectivity index (χ1) is 13.9. The number of rotatable bonds is 5. The minimum atomic E-state index is -1.94. The summed E-state index contributed by atoms with van der Waals surface area (Å²) in [4.78, 5) is 26.8. The van der Waals surface area contributed by atoms with Crippen molar-refractivity contribution in [3.05, 3.63) is 69.4 Å². The molecule has 1 aliphatic heterocycles. The van der Waals surface area contributed by atoms with Crippen LogP contribution in [0.2, 0.25) is 0 Å². The van der Waals surface area contributed by atoms with Crippen LogP contribution in [0.1, 0.15) is 28.4 Å². The van der Waals surface area contributed by atoms with Crippen molar-refractivity contribution in [2.45, 2.75) is 19.0 Å². The number of fused-ring (bicyclic) bond motifs is 1. The quantitative estimate of drug-likeness (QED) is 0.641. The molecular weight excluding hydrogens is 441 g/mol. The number of hydrogen-bond donors (Lipinski definition) is 0. The number of esters is 1. The first kappa shape index (κ1) is 20.5. The molecule has 2 aromatic rings. The molecule has 2 atom stereocenters. The molecular formula is C21H15BrFN3O3. The van der Waals surface area contributed by atoms with Gasteiger partial charge in [-0.15, -0.1) is 0 Å². The van der Waals surface area contributed by atoms with E-state index in [-0.39, 0.29) is 29.8 Å². The Morgan fingerprint density at radius 3 is 2.66 bits per heavy atom. The molecule has 0 radical (unpaired) electrons. The molecule has 0 fully saturated rings. The smallest absolute Gasteiger partial charge is 0.327 e. The minimum Gasteiger partial charge on any atom is -0.465 e. The fraction of sp³-hybridized carbons (Fsp3) is 0.238. The van der Waals surface area contributed by atoms with Crippen LogP contribution in [0.4, 0.5) is 4.39 Å². The summed E-state index contributed by atoms with van der Waals surface area (Å²) in [6.45, 7) is 1.29. The largest absolute Gasteiger partial charge is 0.465 e. The predicted molar refractivity (Wildman–Crippen MR) is 103 cm³/mol. The predicted octanol–water partition coefficient (Wildman–Crippen LogP) is 3.67. The fourth-order valence-corrected chi connectivity index (χ4v) is 3.84. The minimum absolute atomic E-state index is 0.00938. The van der Waals surface area contributed by atoms with Gasteiger partial charge in [0, 0.05) is 21.2 Å². The Morgan fingerprint density at radius 2 is 2.03 bits per heavy atom. The summed E-state index contributed by atoms with van der Waals surface area (Å²) in [5.41, 5.74) is -1.37. The maximum absolute atomic E-state index is 14.5. The number of nitrogens with zero attached hydrogens (tertiary/aromatic N) is 3. The maximum Gasteiger partial charge on any atom is 0.327 e. The number of benzene rings is 2. The summed E-state index contributed by atoms with van der Waals surface area (Å²) in [5, 5.41) is 19.9. The van der Waals surface area contributed by atoms with Gasteiger partial charge in [0.2, 0.25) is 0 Å². The van der Waals surface area contributed by atoms with Crippen LogP contribution in [0.3, 0.4) is 0 Å². The first-order valence-corrected chi connectivity index (χ1v) is 9.52. The van der Waals surface area contributed by atoms with Crippen molar-refractivity contribution in [1.29, 1.82) is 10.5 Å². The zero-order valence-corrected chi connectivity index (χ0v) is 16.9. The summed E-state index contributed by atoms with van der Waals surface area (Å²) in [6.07, 6.45) is 0. The zero-order chi connectivity index (χ0) is 21.2. The van der Waals surface area contributed by atoms with Crippen LogP contribution in [0, 0.1) is 34.4 Å². The lowest BCUT2D eigenvalue weighted by molar-refractivity contribution is -0.149. The molecule has 0 aromatic heterocycles. The Morgan fingerprint density at radius 1 is 1.31 bits per heavy atom. The molecule has 3 rings (SSSR count). The molecule has 0 spiro atoms. The lowest BCUT2D eigenvalue weighted by Crippen LogP contribution is -2.50. The SMILES string of the molecule is CCOC(=O)C(C#N)C1(C#N)c2ccccc2C(=O)N1Cc1ccc(Br)cc1F. The van der Waals surface area contributed by atoms with E-state index in [4.69, 9.17) is 4.74 Å². The van der Waals surface area contributed by atoms with Crippen molar-refractivity contribution in [1.82, 2.24) is 4.90 Å². The van der Waals surface area contributed by atoms with Gasteiger partial charge in [-0.3, -0.25) is 9.59 Å². The first-order valence-electron chi connectivity index (χ1n) is 8.73.